The second-order valence-corrected chi connectivity index (χ2v) is 5.21. The van der Waals surface area contributed by atoms with Crippen molar-refractivity contribution in [2.45, 2.75) is 25.2 Å². The molecule has 1 heterocycles. The summed E-state index contributed by atoms with van der Waals surface area (Å²) in [5.74, 6) is -1.15. The fraction of sp³-hybridized carbons (Fsp3) is 0.294. The molecule has 0 spiro atoms. The van der Waals surface area contributed by atoms with E-state index in [2.05, 4.69) is 10.6 Å². The third-order valence-electron chi connectivity index (χ3n) is 3.41. The summed E-state index contributed by atoms with van der Waals surface area (Å²) in [5, 5.41) is 24.4. The molecule has 0 aliphatic carbocycles. The van der Waals surface area contributed by atoms with Gasteiger partial charge < -0.3 is 25.3 Å². The Hall–Kier alpha value is -2.64. The summed E-state index contributed by atoms with van der Waals surface area (Å²) in [6.07, 6.45) is -1.65. The van der Waals surface area contributed by atoms with Crippen molar-refractivity contribution >= 4 is 11.8 Å². The molecule has 7 nitrogen and oxygen atoms in total. The molecular formula is C17H20N2O5. The Morgan fingerprint density at radius 3 is 2.25 bits per heavy atom. The lowest BCUT2D eigenvalue weighted by Gasteiger charge is -2.17. The number of carbonyl (C=O) groups is 2. The Morgan fingerprint density at radius 2 is 1.62 bits per heavy atom. The van der Waals surface area contributed by atoms with Gasteiger partial charge in [0.15, 0.2) is 12.2 Å². The number of carbonyl (C=O) groups excluding carboxylic acids is 2. The van der Waals surface area contributed by atoms with Gasteiger partial charge in [-0.05, 0) is 24.1 Å². The first-order chi connectivity index (χ1) is 11.6. The first kappa shape index (κ1) is 17.7. The zero-order chi connectivity index (χ0) is 17.4. The van der Waals surface area contributed by atoms with Crippen molar-refractivity contribution < 1.29 is 24.2 Å². The molecule has 0 aliphatic heterocycles. The van der Waals surface area contributed by atoms with Gasteiger partial charge in [-0.15, -0.1) is 0 Å². The topological polar surface area (TPSA) is 112 Å². The van der Waals surface area contributed by atoms with Crippen molar-refractivity contribution in [1.82, 2.24) is 10.6 Å². The Balaban J connectivity index is 1.73. The molecule has 0 saturated heterocycles. The van der Waals surface area contributed by atoms with Crippen molar-refractivity contribution in [3.63, 3.8) is 0 Å². The highest BCUT2D eigenvalue weighted by Crippen LogP contribution is 2.01. The maximum Gasteiger partial charge on any atom is 0.252 e. The van der Waals surface area contributed by atoms with E-state index in [1.54, 1.807) is 12.1 Å². The lowest BCUT2D eigenvalue weighted by molar-refractivity contribution is -0.146. The van der Waals surface area contributed by atoms with Crippen LogP contribution in [0.1, 0.15) is 11.3 Å². The molecule has 1 aromatic carbocycles. The van der Waals surface area contributed by atoms with Gasteiger partial charge in [0.2, 0.25) is 0 Å². The number of nitrogens with one attached hydrogen (secondary N) is 2. The second kappa shape index (κ2) is 8.85. The lowest BCUT2D eigenvalue weighted by atomic mass is 10.1. The molecular weight excluding hydrogens is 312 g/mol. The number of aliphatic hydroxyl groups is 2. The fourth-order valence-electron chi connectivity index (χ4n) is 2.06. The molecule has 2 aromatic rings. The number of aliphatic hydroxyl groups excluding tert-OH is 2. The van der Waals surface area contributed by atoms with Crippen molar-refractivity contribution in [2.24, 2.45) is 0 Å². The highest BCUT2D eigenvalue weighted by molar-refractivity contribution is 5.90. The van der Waals surface area contributed by atoms with Gasteiger partial charge >= 0.3 is 0 Å². The van der Waals surface area contributed by atoms with Crippen molar-refractivity contribution in [3.05, 3.63) is 60.1 Å². The van der Waals surface area contributed by atoms with E-state index in [1.807, 2.05) is 30.3 Å². The number of furan rings is 1. The maximum atomic E-state index is 11.8. The Bertz CT molecular complexity index is 642. The lowest BCUT2D eigenvalue weighted by Crippen LogP contribution is -2.49. The highest BCUT2D eigenvalue weighted by Gasteiger charge is 2.29. The van der Waals surface area contributed by atoms with E-state index in [9.17, 15) is 19.8 Å². The summed E-state index contributed by atoms with van der Waals surface area (Å²) in [6.45, 7) is 0.353. The van der Waals surface area contributed by atoms with Crippen LogP contribution in [-0.2, 0) is 22.6 Å². The van der Waals surface area contributed by atoms with Crippen molar-refractivity contribution in [3.8, 4) is 0 Å². The summed E-state index contributed by atoms with van der Waals surface area (Å²) in [4.78, 5) is 23.5. The first-order valence-corrected chi connectivity index (χ1v) is 7.56. The number of hydrogen-bond acceptors (Lipinski definition) is 5. The van der Waals surface area contributed by atoms with Crippen LogP contribution in [-0.4, -0.2) is 40.8 Å². The van der Waals surface area contributed by atoms with Crippen LogP contribution in [0.25, 0.3) is 0 Å². The number of hydrogen-bond donors (Lipinski definition) is 4. The van der Waals surface area contributed by atoms with E-state index in [1.165, 1.54) is 6.26 Å². The summed E-state index contributed by atoms with van der Waals surface area (Å²) in [5.41, 5.74) is 1.03. The molecule has 0 fully saturated rings. The number of amides is 2. The average molecular weight is 332 g/mol. The van der Waals surface area contributed by atoms with Crippen LogP contribution in [0.5, 0.6) is 0 Å². The molecule has 0 aliphatic rings. The standard InChI is InChI=1S/C17H20N2O5/c20-14(15(21)17(23)19-11-13-7-4-10-24-13)16(22)18-9-8-12-5-2-1-3-6-12/h1-7,10,14-15,20-21H,8-9,11H2,(H,18,22)(H,19,23). The molecule has 2 amide bonds. The fourth-order valence-corrected chi connectivity index (χ4v) is 2.06. The van der Waals surface area contributed by atoms with Crippen molar-refractivity contribution in [1.29, 1.82) is 0 Å². The van der Waals surface area contributed by atoms with Crippen LogP contribution in [0, 0.1) is 0 Å². The van der Waals surface area contributed by atoms with Crippen LogP contribution in [0.15, 0.2) is 53.1 Å². The monoisotopic (exact) mass is 332 g/mol. The SMILES string of the molecule is O=C(NCCc1ccccc1)C(O)C(O)C(=O)NCc1ccco1. The predicted octanol–water partition coefficient (Wildman–Crippen LogP) is -0.0235. The molecule has 4 N–H and O–H groups in total. The molecule has 2 rings (SSSR count). The molecule has 2 atom stereocenters. The smallest absolute Gasteiger partial charge is 0.252 e. The van der Waals surface area contributed by atoms with Gasteiger partial charge in [-0.1, -0.05) is 30.3 Å². The van der Waals surface area contributed by atoms with Gasteiger partial charge in [-0.25, -0.2) is 0 Å². The van der Waals surface area contributed by atoms with E-state index in [-0.39, 0.29) is 6.54 Å². The van der Waals surface area contributed by atoms with Gasteiger partial charge in [-0.2, -0.15) is 0 Å². The van der Waals surface area contributed by atoms with Gasteiger partial charge in [0.1, 0.15) is 5.76 Å². The van der Waals surface area contributed by atoms with Gasteiger partial charge in [0.05, 0.1) is 12.8 Å². The predicted molar refractivity (Wildman–Crippen MR) is 85.7 cm³/mol. The van der Waals surface area contributed by atoms with E-state index < -0.39 is 24.0 Å². The van der Waals surface area contributed by atoms with Crippen LogP contribution in [0.3, 0.4) is 0 Å². The number of benzene rings is 1. The molecule has 0 bridgehead atoms. The first-order valence-electron chi connectivity index (χ1n) is 7.56. The normalized spacial score (nSPS) is 13.1. The third-order valence-corrected chi connectivity index (χ3v) is 3.41. The molecule has 0 saturated carbocycles. The molecule has 2 unspecified atom stereocenters. The Kier molecular flexibility index (Phi) is 6.53. The van der Waals surface area contributed by atoms with Crippen LogP contribution in [0.2, 0.25) is 0 Å². The Labute approximate surface area is 139 Å². The van der Waals surface area contributed by atoms with Gasteiger partial charge in [-0.3, -0.25) is 9.59 Å². The zero-order valence-corrected chi connectivity index (χ0v) is 13.0. The second-order valence-electron chi connectivity index (χ2n) is 5.21. The molecule has 128 valence electrons. The minimum Gasteiger partial charge on any atom is -0.467 e. The van der Waals surface area contributed by atoms with Crippen LogP contribution >= 0.6 is 0 Å². The Morgan fingerprint density at radius 1 is 0.958 bits per heavy atom. The summed E-state index contributed by atoms with van der Waals surface area (Å²) < 4.78 is 5.03. The van der Waals surface area contributed by atoms with E-state index >= 15 is 0 Å². The highest BCUT2D eigenvalue weighted by atomic mass is 16.3. The largest absolute Gasteiger partial charge is 0.467 e. The summed E-state index contributed by atoms with van der Waals surface area (Å²) in [7, 11) is 0. The molecule has 24 heavy (non-hydrogen) atoms. The molecule has 7 heteroatoms. The quantitative estimate of drug-likeness (QED) is 0.543. The minimum atomic E-state index is -1.85. The maximum absolute atomic E-state index is 11.8. The van der Waals surface area contributed by atoms with E-state index in [0.717, 1.165) is 5.56 Å². The number of rotatable bonds is 8. The van der Waals surface area contributed by atoms with Crippen molar-refractivity contribution in [2.75, 3.05) is 6.54 Å². The summed E-state index contributed by atoms with van der Waals surface area (Å²) in [6, 6.07) is 12.8. The molecule has 1 aromatic heterocycles. The average Bonchev–Trinajstić information content (AvgIpc) is 3.12. The van der Waals surface area contributed by atoms with Crippen LogP contribution in [0.4, 0.5) is 0 Å². The summed E-state index contributed by atoms with van der Waals surface area (Å²) >= 11 is 0. The van der Waals surface area contributed by atoms with Crippen LogP contribution < -0.4 is 10.6 Å². The van der Waals surface area contributed by atoms with E-state index in [4.69, 9.17) is 4.42 Å². The molecule has 0 radical (unpaired) electrons. The van der Waals surface area contributed by atoms with Gasteiger partial charge in [0.25, 0.3) is 11.8 Å². The third kappa shape index (κ3) is 5.22. The van der Waals surface area contributed by atoms with Gasteiger partial charge in [0, 0.05) is 6.54 Å². The van der Waals surface area contributed by atoms with E-state index in [0.29, 0.717) is 18.7 Å². The minimum absolute atomic E-state index is 0.0608. The zero-order valence-electron chi connectivity index (χ0n) is 13.0.